The van der Waals surface area contributed by atoms with Crippen molar-refractivity contribution in [1.82, 2.24) is 19.2 Å². The first-order chi connectivity index (χ1) is 19.8. The number of benzene rings is 3. The molecule has 0 spiro atoms. The molecule has 0 bridgehead atoms. The van der Waals surface area contributed by atoms with Gasteiger partial charge in [-0.15, -0.1) is 0 Å². The van der Waals surface area contributed by atoms with Crippen LogP contribution in [0.1, 0.15) is 18.4 Å². The van der Waals surface area contributed by atoms with Gasteiger partial charge in [0.25, 0.3) is 5.56 Å². The Hall–Kier alpha value is -4.21. The van der Waals surface area contributed by atoms with Gasteiger partial charge in [0.15, 0.2) is 9.84 Å². The van der Waals surface area contributed by atoms with Gasteiger partial charge in [-0.25, -0.2) is 8.42 Å². The maximum Gasteiger partial charge on any atom is 0.255 e. The number of sulfone groups is 1. The zero-order valence-electron chi connectivity index (χ0n) is 22.9. The highest BCUT2D eigenvalue weighted by atomic mass is 32.2. The Balaban J connectivity index is 1.25. The van der Waals surface area contributed by atoms with Crippen molar-refractivity contribution in [2.75, 3.05) is 25.9 Å². The lowest BCUT2D eigenvalue weighted by molar-refractivity contribution is 0.305. The van der Waals surface area contributed by atoms with Crippen molar-refractivity contribution < 1.29 is 13.2 Å². The van der Waals surface area contributed by atoms with Gasteiger partial charge in [0.05, 0.1) is 23.2 Å². The third-order valence-electron chi connectivity index (χ3n) is 7.56. The molecular formula is C32H32N4O4S. The monoisotopic (exact) mass is 568 g/mol. The van der Waals surface area contributed by atoms with Crippen molar-refractivity contribution in [3.63, 3.8) is 0 Å². The summed E-state index contributed by atoms with van der Waals surface area (Å²) < 4.78 is 34.9. The largest absolute Gasteiger partial charge is 0.489 e. The lowest BCUT2D eigenvalue weighted by Gasteiger charge is -2.14. The molecule has 0 unspecified atom stereocenters. The third-order valence-corrected chi connectivity index (χ3v) is 8.70. The first-order valence-corrected chi connectivity index (χ1v) is 15.7. The van der Waals surface area contributed by atoms with Crippen LogP contribution in [0.4, 0.5) is 0 Å². The minimum absolute atomic E-state index is 0.114. The number of hydrogen-bond acceptors (Lipinski definition) is 6. The smallest absolute Gasteiger partial charge is 0.255 e. The Labute approximate surface area is 239 Å². The van der Waals surface area contributed by atoms with E-state index in [-0.39, 0.29) is 10.5 Å². The Morgan fingerprint density at radius 2 is 1.71 bits per heavy atom. The highest BCUT2D eigenvalue weighted by Crippen LogP contribution is 2.31. The van der Waals surface area contributed by atoms with E-state index in [4.69, 9.17) is 4.74 Å². The summed E-state index contributed by atoms with van der Waals surface area (Å²) in [5, 5.41) is 5.54. The second kappa shape index (κ2) is 11.3. The van der Waals surface area contributed by atoms with E-state index in [1.807, 2.05) is 59.4 Å². The van der Waals surface area contributed by atoms with E-state index < -0.39 is 9.84 Å². The molecule has 9 heteroatoms. The lowest BCUT2D eigenvalue weighted by Crippen LogP contribution is -2.24. The van der Waals surface area contributed by atoms with Gasteiger partial charge < -0.3 is 9.64 Å². The van der Waals surface area contributed by atoms with Gasteiger partial charge in [0, 0.05) is 41.7 Å². The fourth-order valence-corrected chi connectivity index (χ4v) is 6.30. The molecule has 2 aromatic heterocycles. The van der Waals surface area contributed by atoms with E-state index in [0.717, 1.165) is 54.6 Å². The normalized spacial score (nSPS) is 14.1. The van der Waals surface area contributed by atoms with Crippen LogP contribution in [0.2, 0.25) is 0 Å². The first kappa shape index (κ1) is 27.0. The number of pyridine rings is 1. The van der Waals surface area contributed by atoms with Crippen LogP contribution in [0.3, 0.4) is 0 Å². The van der Waals surface area contributed by atoms with Crippen molar-refractivity contribution >= 4 is 20.7 Å². The second-order valence-electron chi connectivity index (χ2n) is 10.5. The molecule has 1 aliphatic heterocycles. The Morgan fingerprint density at radius 1 is 0.902 bits per heavy atom. The Kier molecular flexibility index (Phi) is 7.47. The molecule has 0 aliphatic carbocycles. The summed E-state index contributed by atoms with van der Waals surface area (Å²) in [6.07, 6.45) is 7.21. The van der Waals surface area contributed by atoms with Crippen LogP contribution in [-0.4, -0.2) is 53.6 Å². The van der Waals surface area contributed by atoms with Crippen LogP contribution >= 0.6 is 0 Å². The topological polar surface area (TPSA) is 86.4 Å². The van der Waals surface area contributed by atoms with Gasteiger partial charge in [0.2, 0.25) is 0 Å². The molecular weight excluding hydrogens is 536 g/mol. The number of nitrogens with zero attached hydrogens (tertiary/aromatic N) is 4. The number of hydrogen-bond donors (Lipinski definition) is 0. The molecule has 0 radical (unpaired) electrons. The highest BCUT2D eigenvalue weighted by molar-refractivity contribution is 7.90. The van der Waals surface area contributed by atoms with E-state index >= 15 is 0 Å². The number of likely N-dealkylation sites (tertiary alicyclic amines) is 1. The molecule has 3 aromatic carbocycles. The van der Waals surface area contributed by atoms with E-state index in [0.29, 0.717) is 23.5 Å². The van der Waals surface area contributed by atoms with E-state index in [2.05, 4.69) is 10.00 Å². The summed E-state index contributed by atoms with van der Waals surface area (Å²) in [4.78, 5) is 15.8. The number of rotatable bonds is 9. The summed E-state index contributed by atoms with van der Waals surface area (Å²) in [7, 11) is -3.60. The highest BCUT2D eigenvalue weighted by Gasteiger charge is 2.18. The molecule has 1 aliphatic rings. The summed E-state index contributed by atoms with van der Waals surface area (Å²) in [6, 6.07) is 23.7. The molecule has 41 heavy (non-hydrogen) atoms. The molecule has 0 amide bonds. The molecule has 8 nitrogen and oxygen atoms in total. The summed E-state index contributed by atoms with van der Waals surface area (Å²) in [6.45, 7) is 4.44. The Morgan fingerprint density at radius 3 is 2.46 bits per heavy atom. The third kappa shape index (κ3) is 5.96. The van der Waals surface area contributed by atoms with Gasteiger partial charge in [-0.2, -0.15) is 5.10 Å². The summed E-state index contributed by atoms with van der Waals surface area (Å²) >= 11 is 0. The first-order valence-electron chi connectivity index (χ1n) is 13.8. The second-order valence-corrected chi connectivity index (χ2v) is 12.5. The standard InChI is InChI=1S/C32H32N4O4S/c1-41(38,39)31-21-28(40-23-24-7-3-2-4-8-24)10-11-29(31)25-13-16-35(32(37)20-25)27-9-12-30-26(19-27)22-33-36(30)18-17-34-14-5-6-15-34/h2-4,7-13,16,19-22H,5-6,14-15,17-18,23H2,1H3. The molecule has 1 fully saturated rings. The molecule has 1 saturated heterocycles. The molecule has 0 N–H and O–H groups in total. The summed E-state index contributed by atoms with van der Waals surface area (Å²) in [5.74, 6) is 0.445. The van der Waals surface area contributed by atoms with Gasteiger partial charge >= 0.3 is 0 Å². The number of fused-ring (bicyclic) bond motifs is 1. The number of aromatic nitrogens is 3. The lowest BCUT2D eigenvalue weighted by atomic mass is 10.1. The van der Waals surface area contributed by atoms with Crippen LogP contribution in [-0.2, 0) is 23.0 Å². The average Bonchev–Trinajstić information content (AvgIpc) is 3.64. The maximum absolute atomic E-state index is 13.3. The fraction of sp³-hybridized carbons (Fsp3) is 0.250. The molecule has 3 heterocycles. The minimum Gasteiger partial charge on any atom is -0.489 e. The van der Waals surface area contributed by atoms with Crippen molar-refractivity contribution in [2.24, 2.45) is 0 Å². The minimum atomic E-state index is -3.60. The van der Waals surface area contributed by atoms with E-state index in [9.17, 15) is 13.2 Å². The molecule has 6 rings (SSSR count). The zero-order chi connectivity index (χ0) is 28.4. The van der Waals surface area contributed by atoms with E-state index in [1.54, 1.807) is 29.0 Å². The average molecular weight is 569 g/mol. The predicted octanol–water partition coefficient (Wildman–Crippen LogP) is 4.93. The molecule has 0 atom stereocenters. The fourth-order valence-electron chi connectivity index (χ4n) is 5.38. The van der Waals surface area contributed by atoms with Crippen LogP contribution in [0.15, 0.2) is 101 Å². The maximum atomic E-state index is 13.3. The van der Waals surface area contributed by atoms with E-state index in [1.165, 1.54) is 25.0 Å². The number of ether oxygens (including phenoxy) is 1. The zero-order valence-corrected chi connectivity index (χ0v) is 23.8. The SMILES string of the molecule is CS(=O)(=O)c1cc(OCc2ccccc2)ccc1-c1ccn(-c2ccc3c(cnn3CCN3CCCC3)c2)c(=O)c1. The van der Waals surface area contributed by atoms with Crippen LogP contribution in [0, 0.1) is 0 Å². The van der Waals surface area contributed by atoms with Gasteiger partial charge in [-0.3, -0.25) is 14.0 Å². The predicted molar refractivity (Wildman–Crippen MR) is 160 cm³/mol. The van der Waals surface area contributed by atoms with Crippen molar-refractivity contribution in [3.8, 4) is 22.6 Å². The molecule has 210 valence electrons. The quantitative estimate of drug-likeness (QED) is 0.251. The molecule has 0 saturated carbocycles. The van der Waals surface area contributed by atoms with Crippen LogP contribution in [0.25, 0.3) is 27.7 Å². The van der Waals surface area contributed by atoms with Gasteiger partial charge in [-0.1, -0.05) is 30.3 Å². The van der Waals surface area contributed by atoms with Crippen molar-refractivity contribution in [2.45, 2.75) is 30.9 Å². The summed E-state index contributed by atoms with van der Waals surface area (Å²) in [5.41, 5.74) is 3.46. The van der Waals surface area contributed by atoms with Crippen LogP contribution < -0.4 is 10.3 Å². The van der Waals surface area contributed by atoms with Gasteiger partial charge in [-0.05, 0) is 79.5 Å². The van der Waals surface area contributed by atoms with Crippen molar-refractivity contribution in [3.05, 3.63) is 107 Å². The van der Waals surface area contributed by atoms with Crippen molar-refractivity contribution in [1.29, 1.82) is 0 Å². The van der Waals surface area contributed by atoms with Crippen LogP contribution in [0.5, 0.6) is 5.75 Å². The molecule has 5 aromatic rings. The Bertz CT molecular complexity index is 1860. The van der Waals surface area contributed by atoms with Gasteiger partial charge in [0.1, 0.15) is 12.4 Å².